The number of rotatable bonds is 3. The third kappa shape index (κ3) is 3.25. The fraction of sp³-hybridized carbons (Fsp3) is 1.00. The Bertz CT molecular complexity index is 255. The van der Waals surface area contributed by atoms with E-state index in [9.17, 15) is 8.42 Å². The summed E-state index contributed by atoms with van der Waals surface area (Å²) in [5.74, 6) is 0.0521. The highest BCUT2D eigenvalue weighted by molar-refractivity contribution is 7.89. The molecule has 0 unspecified atom stereocenters. The van der Waals surface area contributed by atoms with Crippen LogP contribution in [0.5, 0.6) is 0 Å². The second-order valence-corrected chi connectivity index (χ2v) is 5.69. The van der Waals surface area contributed by atoms with Crippen molar-refractivity contribution in [2.75, 3.05) is 12.3 Å². The van der Waals surface area contributed by atoms with Gasteiger partial charge in [0.25, 0.3) is 0 Å². The quantitative estimate of drug-likeness (QED) is 0.691. The van der Waals surface area contributed by atoms with Gasteiger partial charge in [-0.15, -0.1) is 0 Å². The Kier molecular flexibility index (Phi) is 3.32. The van der Waals surface area contributed by atoms with Crippen molar-refractivity contribution in [3.05, 3.63) is 0 Å². The average molecular weight is 206 g/mol. The van der Waals surface area contributed by atoms with Gasteiger partial charge in [-0.3, -0.25) is 0 Å². The van der Waals surface area contributed by atoms with Gasteiger partial charge in [0, 0.05) is 0 Å². The van der Waals surface area contributed by atoms with E-state index in [1.54, 1.807) is 0 Å². The largest absolute Gasteiger partial charge is 0.330 e. The van der Waals surface area contributed by atoms with E-state index in [0.717, 1.165) is 25.7 Å². The van der Waals surface area contributed by atoms with Crippen molar-refractivity contribution in [1.29, 1.82) is 0 Å². The van der Waals surface area contributed by atoms with Crippen molar-refractivity contribution in [1.82, 2.24) is 0 Å². The maximum Gasteiger partial charge on any atom is 0.209 e. The zero-order valence-corrected chi connectivity index (χ0v) is 8.65. The Balaban J connectivity index is 2.68. The molecule has 0 atom stereocenters. The first-order valence-corrected chi connectivity index (χ1v) is 6.40. The first-order valence-electron chi connectivity index (χ1n) is 4.68. The number of hydrogen-bond donors (Lipinski definition) is 2. The third-order valence-electron chi connectivity index (χ3n) is 2.85. The molecule has 0 radical (unpaired) electrons. The Morgan fingerprint density at radius 1 is 1.15 bits per heavy atom. The lowest BCUT2D eigenvalue weighted by molar-refractivity contribution is 0.229. The third-order valence-corrected chi connectivity index (χ3v) is 3.87. The first-order chi connectivity index (χ1) is 5.97. The van der Waals surface area contributed by atoms with E-state index in [2.05, 4.69) is 0 Å². The minimum absolute atomic E-state index is 0.0521. The van der Waals surface area contributed by atoms with E-state index in [-0.39, 0.29) is 11.2 Å². The molecule has 1 aliphatic rings. The average Bonchev–Trinajstić information content (AvgIpc) is 2.03. The van der Waals surface area contributed by atoms with Crippen LogP contribution in [0.25, 0.3) is 0 Å². The zero-order chi connectivity index (χ0) is 9.95. The van der Waals surface area contributed by atoms with E-state index in [1.807, 2.05) is 0 Å². The molecule has 4 nitrogen and oxygen atoms in total. The molecule has 5 heteroatoms. The Labute approximate surface area is 79.7 Å². The minimum atomic E-state index is -3.37. The normalized spacial score (nSPS) is 22.9. The summed E-state index contributed by atoms with van der Waals surface area (Å²) >= 11 is 0. The number of nitrogens with two attached hydrogens (primary N) is 2. The maximum absolute atomic E-state index is 11.0. The van der Waals surface area contributed by atoms with Crippen molar-refractivity contribution >= 4 is 10.0 Å². The second-order valence-electron chi connectivity index (χ2n) is 4.07. The van der Waals surface area contributed by atoms with Crippen LogP contribution in [0.15, 0.2) is 0 Å². The van der Waals surface area contributed by atoms with Gasteiger partial charge in [-0.2, -0.15) is 0 Å². The molecule has 0 amide bonds. The minimum Gasteiger partial charge on any atom is -0.330 e. The highest BCUT2D eigenvalue weighted by Gasteiger charge is 2.34. The summed E-state index contributed by atoms with van der Waals surface area (Å²) in [6, 6.07) is 0. The van der Waals surface area contributed by atoms with Crippen molar-refractivity contribution < 1.29 is 8.42 Å². The molecular weight excluding hydrogens is 188 g/mol. The summed E-state index contributed by atoms with van der Waals surface area (Å²) in [6.45, 7) is 0.434. The summed E-state index contributed by atoms with van der Waals surface area (Å²) in [4.78, 5) is 0. The van der Waals surface area contributed by atoms with E-state index >= 15 is 0 Å². The van der Waals surface area contributed by atoms with Gasteiger partial charge in [-0.25, -0.2) is 13.6 Å². The lowest BCUT2D eigenvalue weighted by Crippen LogP contribution is -2.41. The molecule has 13 heavy (non-hydrogen) atoms. The molecule has 0 aromatic heterocycles. The van der Waals surface area contributed by atoms with E-state index in [0.29, 0.717) is 6.54 Å². The van der Waals surface area contributed by atoms with Gasteiger partial charge in [-0.1, -0.05) is 19.3 Å². The Morgan fingerprint density at radius 3 is 2.08 bits per heavy atom. The van der Waals surface area contributed by atoms with E-state index < -0.39 is 10.0 Å². The molecule has 1 aliphatic carbocycles. The molecule has 0 aromatic rings. The Hall–Kier alpha value is -0.130. The van der Waals surface area contributed by atoms with Gasteiger partial charge < -0.3 is 5.73 Å². The molecule has 1 saturated carbocycles. The lowest BCUT2D eigenvalue weighted by Gasteiger charge is -2.35. The number of sulfonamides is 1. The summed E-state index contributed by atoms with van der Waals surface area (Å²) < 4.78 is 22.0. The molecule has 0 saturated heterocycles. The predicted octanol–water partition coefficient (Wildman–Crippen LogP) is 0.184. The molecule has 0 aliphatic heterocycles. The fourth-order valence-corrected chi connectivity index (χ4v) is 3.40. The van der Waals surface area contributed by atoms with Crippen LogP contribution in [0.1, 0.15) is 32.1 Å². The van der Waals surface area contributed by atoms with Crippen molar-refractivity contribution in [3.8, 4) is 0 Å². The molecule has 1 fully saturated rings. The van der Waals surface area contributed by atoms with Crippen LogP contribution in [-0.4, -0.2) is 20.7 Å². The van der Waals surface area contributed by atoms with Gasteiger partial charge in [0.05, 0.1) is 5.75 Å². The van der Waals surface area contributed by atoms with Gasteiger partial charge in [0.2, 0.25) is 10.0 Å². The molecule has 0 bridgehead atoms. The molecule has 0 heterocycles. The summed E-state index contributed by atoms with van der Waals surface area (Å²) in [5.41, 5.74) is 5.40. The van der Waals surface area contributed by atoms with Crippen LogP contribution in [0, 0.1) is 5.41 Å². The van der Waals surface area contributed by atoms with Crippen molar-refractivity contribution in [2.45, 2.75) is 32.1 Å². The Morgan fingerprint density at radius 2 is 1.69 bits per heavy atom. The summed E-state index contributed by atoms with van der Waals surface area (Å²) in [5, 5.41) is 5.04. The highest BCUT2D eigenvalue weighted by Crippen LogP contribution is 2.35. The van der Waals surface area contributed by atoms with Crippen LogP contribution in [0.4, 0.5) is 0 Å². The second kappa shape index (κ2) is 3.94. The molecule has 78 valence electrons. The van der Waals surface area contributed by atoms with Crippen molar-refractivity contribution in [3.63, 3.8) is 0 Å². The number of primary sulfonamides is 1. The summed E-state index contributed by atoms with van der Waals surface area (Å²) in [6.07, 6.45) is 5.14. The van der Waals surface area contributed by atoms with Crippen LogP contribution >= 0.6 is 0 Å². The fourth-order valence-electron chi connectivity index (χ4n) is 2.14. The molecule has 1 rings (SSSR count). The maximum atomic E-state index is 11.0. The standard InChI is InChI=1S/C8H18N2O2S/c9-6-8(7-13(10,11)12)4-2-1-3-5-8/h1-7,9H2,(H2,10,11,12). The highest BCUT2D eigenvalue weighted by atomic mass is 32.2. The topological polar surface area (TPSA) is 86.2 Å². The smallest absolute Gasteiger partial charge is 0.209 e. The molecule has 0 aromatic carbocycles. The van der Waals surface area contributed by atoms with Crippen LogP contribution in [0.2, 0.25) is 0 Å². The van der Waals surface area contributed by atoms with Gasteiger partial charge in [0.15, 0.2) is 0 Å². The van der Waals surface area contributed by atoms with Gasteiger partial charge in [0.1, 0.15) is 0 Å². The van der Waals surface area contributed by atoms with Crippen molar-refractivity contribution in [2.24, 2.45) is 16.3 Å². The molecule has 0 spiro atoms. The van der Waals surface area contributed by atoms with E-state index in [1.165, 1.54) is 6.42 Å². The molecule has 4 N–H and O–H groups in total. The van der Waals surface area contributed by atoms with Crippen LogP contribution < -0.4 is 10.9 Å². The number of hydrogen-bond acceptors (Lipinski definition) is 3. The van der Waals surface area contributed by atoms with Crippen LogP contribution in [0.3, 0.4) is 0 Å². The predicted molar refractivity (Wildman–Crippen MR) is 52.5 cm³/mol. The lowest BCUT2D eigenvalue weighted by atomic mass is 9.76. The zero-order valence-electron chi connectivity index (χ0n) is 7.83. The first kappa shape index (κ1) is 10.9. The van der Waals surface area contributed by atoms with Crippen LogP contribution in [-0.2, 0) is 10.0 Å². The SMILES string of the molecule is NCC1(CS(N)(=O)=O)CCCCC1. The monoisotopic (exact) mass is 206 g/mol. The van der Waals surface area contributed by atoms with Gasteiger partial charge in [-0.05, 0) is 24.8 Å². The summed E-state index contributed by atoms with van der Waals surface area (Å²) in [7, 11) is -3.37. The van der Waals surface area contributed by atoms with Gasteiger partial charge >= 0.3 is 0 Å². The van der Waals surface area contributed by atoms with E-state index in [4.69, 9.17) is 10.9 Å². The molecular formula is C8H18N2O2S.